The zero-order valence-corrected chi connectivity index (χ0v) is 8.39. The molecule has 0 aliphatic carbocycles. The van der Waals surface area contributed by atoms with E-state index in [0.717, 1.165) is 5.70 Å². The molecule has 0 bridgehead atoms. The molecule has 0 aromatic rings. The third-order valence-electron chi connectivity index (χ3n) is 1.28. The van der Waals surface area contributed by atoms with Crippen molar-refractivity contribution in [1.82, 2.24) is 4.90 Å². The van der Waals surface area contributed by atoms with Crippen LogP contribution in [0.15, 0.2) is 11.8 Å². The van der Waals surface area contributed by atoms with E-state index in [1.807, 2.05) is 14.1 Å². The summed E-state index contributed by atoms with van der Waals surface area (Å²) in [6, 6.07) is 0. The van der Waals surface area contributed by atoms with Crippen molar-refractivity contribution in [3.05, 3.63) is 11.8 Å². The standard InChI is InChI=1S/C8H14ClNO2/c1-4-12-8(11)5-7(6-9)10(2)3/h5H,4,6H2,1-3H3. The van der Waals surface area contributed by atoms with E-state index in [9.17, 15) is 4.79 Å². The highest BCUT2D eigenvalue weighted by molar-refractivity contribution is 6.19. The van der Waals surface area contributed by atoms with Crippen LogP contribution in [0.5, 0.6) is 0 Å². The molecule has 12 heavy (non-hydrogen) atoms. The van der Waals surface area contributed by atoms with Gasteiger partial charge in [-0.05, 0) is 6.92 Å². The average molecular weight is 192 g/mol. The molecule has 0 rings (SSSR count). The number of rotatable bonds is 4. The maximum Gasteiger partial charge on any atom is 0.332 e. The molecule has 0 heterocycles. The number of nitrogens with zero attached hydrogens (tertiary/aromatic N) is 1. The van der Waals surface area contributed by atoms with Crippen molar-refractivity contribution in [3.8, 4) is 0 Å². The van der Waals surface area contributed by atoms with Gasteiger partial charge < -0.3 is 9.64 Å². The van der Waals surface area contributed by atoms with Gasteiger partial charge in [0.1, 0.15) is 0 Å². The van der Waals surface area contributed by atoms with Gasteiger partial charge in [-0.1, -0.05) is 0 Å². The Balaban J connectivity index is 4.18. The topological polar surface area (TPSA) is 29.5 Å². The molecule has 0 amide bonds. The van der Waals surface area contributed by atoms with Crippen molar-refractivity contribution in [2.75, 3.05) is 26.6 Å². The van der Waals surface area contributed by atoms with Crippen LogP contribution in [0.25, 0.3) is 0 Å². The summed E-state index contributed by atoms with van der Waals surface area (Å²) < 4.78 is 4.72. The Kier molecular flexibility index (Phi) is 5.54. The normalized spacial score (nSPS) is 11.2. The molecule has 0 radical (unpaired) electrons. The van der Waals surface area contributed by atoms with Crippen LogP contribution in [0, 0.1) is 0 Å². The summed E-state index contributed by atoms with van der Waals surface area (Å²) in [4.78, 5) is 12.7. The Hall–Kier alpha value is -0.700. The summed E-state index contributed by atoms with van der Waals surface area (Å²) in [5.74, 6) is -0.0342. The molecule has 0 aromatic carbocycles. The van der Waals surface area contributed by atoms with Crippen LogP contribution in [0.1, 0.15) is 6.92 Å². The second-order valence-electron chi connectivity index (χ2n) is 2.42. The van der Waals surface area contributed by atoms with Gasteiger partial charge in [-0.3, -0.25) is 0 Å². The second kappa shape index (κ2) is 5.89. The van der Waals surface area contributed by atoms with Gasteiger partial charge in [-0.2, -0.15) is 0 Å². The molecular formula is C8H14ClNO2. The smallest absolute Gasteiger partial charge is 0.332 e. The van der Waals surface area contributed by atoms with Gasteiger partial charge in [0.15, 0.2) is 0 Å². The Bertz CT molecular complexity index is 178. The molecule has 0 atom stereocenters. The summed E-state index contributed by atoms with van der Waals surface area (Å²) in [5, 5.41) is 0. The van der Waals surface area contributed by atoms with Crippen molar-refractivity contribution in [3.63, 3.8) is 0 Å². The minimum Gasteiger partial charge on any atom is -0.463 e. The fourth-order valence-corrected chi connectivity index (χ4v) is 0.923. The highest BCUT2D eigenvalue weighted by Crippen LogP contribution is 2.01. The lowest BCUT2D eigenvalue weighted by Crippen LogP contribution is -2.14. The van der Waals surface area contributed by atoms with E-state index in [1.54, 1.807) is 11.8 Å². The second-order valence-corrected chi connectivity index (χ2v) is 2.68. The number of allylic oxidation sites excluding steroid dienone is 1. The first-order valence-electron chi connectivity index (χ1n) is 3.72. The molecule has 70 valence electrons. The fourth-order valence-electron chi connectivity index (χ4n) is 0.607. The largest absolute Gasteiger partial charge is 0.463 e. The summed E-state index contributed by atoms with van der Waals surface area (Å²) >= 11 is 5.59. The number of ether oxygens (including phenoxy) is 1. The minimum absolute atomic E-state index is 0.311. The molecule has 3 nitrogen and oxygen atoms in total. The molecule has 0 aliphatic rings. The average Bonchev–Trinajstić information content (AvgIpc) is 2.00. The molecule has 0 fully saturated rings. The lowest BCUT2D eigenvalue weighted by Gasteiger charge is -2.13. The Morgan fingerprint density at radius 3 is 2.50 bits per heavy atom. The first-order chi connectivity index (χ1) is 5.61. The van der Waals surface area contributed by atoms with Gasteiger partial charge in [0.2, 0.25) is 0 Å². The number of carbonyl (C=O) groups is 1. The van der Waals surface area contributed by atoms with Crippen LogP contribution < -0.4 is 0 Å². The zero-order valence-electron chi connectivity index (χ0n) is 7.63. The number of esters is 1. The van der Waals surface area contributed by atoms with Gasteiger partial charge in [-0.25, -0.2) is 4.79 Å². The van der Waals surface area contributed by atoms with Gasteiger partial charge in [0, 0.05) is 25.9 Å². The molecule has 0 aliphatic heterocycles. The van der Waals surface area contributed by atoms with Gasteiger partial charge in [0.25, 0.3) is 0 Å². The summed E-state index contributed by atoms with van der Waals surface area (Å²) in [6.07, 6.45) is 1.40. The number of hydrogen-bond acceptors (Lipinski definition) is 3. The SMILES string of the molecule is CCOC(=O)C=C(CCl)N(C)C. The van der Waals surface area contributed by atoms with Crippen LogP contribution in [0.4, 0.5) is 0 Å². The lowest BCUT2D eigenvalue weighted by atomic mass is 10.4. The van der Waals surface area contributed by atoms with Crippen LogP contribution >= 0.6 is 11.6 Å². The van der Waals surface area contributed by atoms with Crippen molar-refractivity contribution in [2.45, 2.75) is 6.92 Å². The third-order valence-corrected chi connectivity index (χ3v) is 1.56. The van der Waals surface area contributed by atoms with Crippen molar-refractivity contribution < 1.29 is 9.53 Å². The summed E-state index contributed by atoms with van der Waals surface area (Å²) in [7, 11) is 3.65. The van der Waals surface area contributed by atoms with E-state index in [2.05, 4.69) is 0 Å². The number of carbonyl (C=O) groups excluding carboxylic acids is 1. The highest BCUT2D eigenvalue weighted by atomic mass is 35.5. The monoisotopic (exact) mass is 191 g/mol. The fraction of sp³-hybridized carbons (Fsp3) is 0.625. The van der Waals surface area contributed by atoms with E-state index in [-0.39, 0.29) is 5.97 Å². The Morgan fingerprint density at radius 2 is 2.17 bits per heavy atom. The van der Waals surface area contributed by atoms with E-state index in [0.29, 0.717) is 12.5 Å². The highest BCUT2D eigenvalue weighted by Gasteiger charge is 2.02. The van der Waals surface area contributed by atoms with Crippen molar-refractivity contribution >= 4 is 17.6 Å². The van der Waals surface area contributed by atoms with Crippen molar-refractivity contribution in [1.29, 1.82) is 0 Å². The van der Waals surface area contributed by atoms with Crippen molar-refractivity contribution in [2.24, 2.45) is 0 Å². The first kappa shape index (κ1) is 11.3. The predicted octanol–water partition coefficient (Wildman–Crippen LogP) is 1.23. The number of hydrogen-bond donors (Lipinski definition) is 0. The zero-order chi connectivity index (χ0) is 9.56. The van der Waals surface area contributed by atoms with E-state index in [1.165, 1.54) is 6.08 Å². The molecule has 4 heteroatoms. The van der Waals surface area contributed by atoms with Gasteiger partial charge in [0.05, 0.1) is 12.5 Å². The Morgan fingerprint density at radius 1 is 1.58 bits per heavy atom. The van der Waals surface area contributed by atoms with Crippen LogP contribution in [-0.2, 0) is 9.53 Å². The third kappa shape index (κ3) is 4.23. The van der Waals surface area contributed by atoms with E-state index < -0.39 is 0 Å². The maximum atomic E-state index is 10.9. The predicted molar refractivity (Wildman–Crippen MR) is 49.1 cm³/mol. The molecular weight excluding hydrogens is 178 g/mol. The van der Waals surface area contributed by atoms with E-state index in [4.69, 9.17) is 16.3 Å². The molecule has 0 saturated carbocycles. The summed E-state index contributed by atoms with van der Waals surface area (Å²) in [6.45, 7) is 2.15. The van der Waals surface area contributed by atoms with Crippen LogP contribution in [0.2, 0.25) is 0 Å². The Labute approximate surface area is 77.9 Å². The quantitative estimate of drug-likeness (QED) is 0.380. The first-order valence-corrected chi connectivity index (χ1v) is 4.25. The van der Waals surface area contributed by atoms with Crippen LogP contribution in [-0.4, -0.2) is 37.5 Å². The number of halogens is 1. The summed E-state index contributed by atoms with van der Waals surface area (Å²) in [5.41, 5.74) is 0.745. The molecule has 0 saturated heterocycles. The maximum absolute atomic E-state index is 10.9. The minimum atomic E-state index is -0.346. The van der Waals surface area contributed by atoms with Gasteiger partial charge >= 0.3 is 5.97 Å². The molecule has 0 aromatic heterocycles. The molecule has 0 N–H and O–H groups in total. The van der Waals surface area contributed by atoms with Crippen LogP contribution in [0.3, 0.4) is 0 Å². The lowest BCUT2D eigenvalue weighted by molar-refractivity contribution is -0.137. The molecule has 0 spiro atoms. The number of alkyl halides is 1. The molecule has 0 unspecified atom stereocenters. The van der Waals surface area contributed by atoms with Gasteiger partial charge in [-0.15, -0.1) is 11.6 Å². The van der Waals surface area contributed by atoms with E-state index >= 15 is 0 Å².